The lowest BCUT2D eigenvalue weighted by molar-refractivity contribution is -0.115. The Labute approximate surface area is 191 Å². The van der Waals surface area contributed by atoms with Crippen LogP contribution in [0.2, 0.25) is 0 Å². The Morgan fingerprint density at radius 1 is 0.939 bits per heavy atom. The van der Waals surface area contributed by atoms with E-state index in [1.807, 2.05) is 44.2 Å². The highest BCUT2D eigenvalue weighted by Gasteiger charge is 2.17. The maximum Gasteiger partial charge on any atom is 0.231 e. The predicted molar refractivity (Wildman–Crippen MR) is 129 cm³/mol. The van der Waals surface area contributed by atoms with E-state index in [1.165, 1.54) is 5.56 Å². The molecular formula is C26H25N5O2. The molecule has 0 spiro atoms. The zero-order valence-corrected chi connectivity index (χ0v) is 19.4. The van der Waals surface area contributed by atoms with Crippen molar-refractivity contribution in [3.63, 3.8) is 0 Å². The van der Waals surface area contributed by atoms with E-state index >= 15 is 0 Å². The number of nitrogens with zero attached hydrogens (tertiary/aromatic N) is 4. The molecule has 3 aromatic heterocycles. The van der Waals surface area contributed by atoms with Gasteiger partial charge < -0.3 is 9.84 Å². The number of fused-ring (bicyclic) bond motifs is 2. The number of hydrogen-bond donors (Lipinski definition) is 1. The van der Waals surface area contributed by atoms with Crippen LogP contribution in [0.15, 0.2) is 47.0 Å². The first kappa shape index (κ1) is 20.9. The third-order valence-electron chi connectivity index (χ3n) is 5.79. The molecule has 33 heavy (non-hydrogen) atoms. The topological polar surface area (TPSA) is 85.8 Å². The number of pyridine rings is 1. The number of anilines is 1. The molecule has 2 aromatic carbocycles. The lowest BCUT2D eigenvalue weighted by atomic mass is 10.0. The lowest BCUT2D eigenvalue weighted by Crippen LogP contribution is -2.18. The second-order valence-electron chi connectivity index (χ2n) is 8.71. The van der Waals surface area contributed by atoms with Crippen LogP contribution in [0.4, 0.5) is 5.82 Å². The van der Waals surface area contributed by atoms with Crippen LogP contribution in [0.25, 0.3) is 27.7 Å². The average Bonchev–Trinajstić information content (AvgIpc) is 3.31. The number of hydrogen-bond acceptors (Lipinski definition) is 5. The van der Waals surface area contributed by atoms with Crippen molar-refractivity contribution in [2.45, 2.75) is 41.0 Å². The van der Waals surface area contributed by atoms with Crippen LogP contribution in [0, 0.1) is 34.6 Å². The number of aromatic nitrogens is 4. The Kier molecular flexibility index (Phi) is 4.96. The van der Waals surface area contributed by atoms with Crippen molar-refractivity contribution < 1.29 is 9.32 Å². The van der Waals surface area contributed by atoms with Crippen LogP contribution >= 0.6 is 0 Å². The van der Waals surface area contributed by atoms with Gasteiger partial charge in [-0.15, -0.1) is 0 Å². The molecule has 166 valence electrons. The molecule has 0 atom stereocenters. The minimum atomic E-state index is -0.197. The molecule has 1 amide bonds. The molecule has 7 heteroatoms. The van der Waals surface area contributed by atoms with Crippen molar-refractivity contribution in [2.24, 2.45) is 0 Å². The van der Waals surface area contributed by atoms with E-state index < -0.39 is 0 Å². The van der Waals surface area contributed by atoms with Crippen molar-refractivity contribution in [3.8, 4) is 5.82 Å². The van der Waals surface area contributed by atoms with Gasteiger partial charge in [0.2, 0.25) is 5.91 Å². The van der Waals surface area contributed by atoms with Crippen LogP contribution in [-0.4, -0.2) is 25.8 Å². The molecule has 0 radical (unpaired) electrons. The zero-order chi connectivity index (χ0) is 23.3. The maximum atomic E-state index is 12.9. The maximum absolute atomic E-state index is 12.9. The minimum absolute atomic E-state index is 0.100. The van der Waals surface area contributed by atoms with E-state index in [0.29, 0.717) is 22.9 Å². The Balaban J connectivity index is 1.48. The van der Waals surface area contributed by atoms with E-state index in [-0.39, 0.29) is 12.3 Å². The zero-order valence-electron chi connectivity index (χ0n) is 19.4. The minimum Gasteiger partial charge on any atom is -0.356 e. The number of carbonyl (C=O) groups is 1. The fraction of sp³-hybridized carbons (Fsp3) is 0.231. The molecule has 5 rings (SSSR count). The Hall–Kier alpha value is -4.00. The first-order chi connectivity index (χ1) is 15.8. The first-order valence-electron chi connectivity index (χ1n) is 10.9. The molecule has 0 fully saturated rings. The molecule has 5 aromatic rings. The summed E-state index contributed by atoms with van der Waals surface area (Å²) in [6.07, 6.45) is 0.100. The van der Waals surface area contributed by atoms with E-state index in [4.69, 9.17) is 9.51 Å². The molecule has 0 saturated carbocycles. The molecule has 0 aliphatic rings. The summed E-state index contributed by atoms with van der Waals surface area (Å²) in [5, 5.41) is 13.6. The van der Waals surface area contributed by atoms with Crippen LogP contribution in [0.1, 0.15) is 33.6 Å². The van der Waals surface area contributed by atoms with E-state index in [9.17, 15) is 4.79 Å². The summed E-state index contributed by atoms with van der Waals surface area (Å²) in [6.45, 7) is 10.1. The van der Waals surface area contributed by atoms with Gasteiger partial charge in [-0.25, -0.2) is 4.98 Å². The van der Waals surface area contributed by atoms with Gasteiger partial charge in [-0.3, -0.25) is 4.79 Å². The van der Waals surface area contributed by atoms with Gasteiger partial charge in [-0.05, 0) is 70.0 Å². The van der Waals surface area contributed by atoms with E-state index in [0.717, 1.165) is 38.7 Å². The normalized spacial score (nSPS) is 11.4. The number of aryl methyl sites for hydroxylation is 5. The Morgan fingerprint density at radius 3 is 2.55 bits per heavy atom. The molecule has 7 nitrogen and oxygen atoms in total. The molecule has 0 aliphatic carbocycles. The number of carbonyl (C=O) groups excluding carboxylic acids is 1. The van der Waals surface area contributed by atoms with Gasteiger partial charge in [0.15, 0.2) is 11.4 Å². The van der Waals surface area contributed by atoms with Crippen molar-refractivity contribution in [3.05, 3.63) is 76.1 Å². The Morgan fingerprint density at radius 2 is 1.73 bits per heavy atom. The quantitative estimate of drug-likeness (QED) is 0.411. The van der Waals surface area contributed by atoms with Crippen LogP contribution in [-0.2, 0) is 11.2 Å². The Bertz CT molecular complexity index is 1540. The molecule has 3 heterocycles. The summed E-state index contributed by atoms with van der Waals surface area (Å²) < 4.78 is 7.05. The third kappa shape index (κ3) is 3.86. The van der Waals surface area contributed by atoms with Crippen LogP contribution < -0.4 is 5.32 Å². The van der Waals surface area contributed by atoms with Crippen molar-refractivity contribution >= 4 is 33.6 Å². The average molecular weight is 440 g/mol. The fourth-order valence-electron chi connectivity index (χ4n) is 4.27. The summed E-state index contributed by atoms with van der Waals surface area (Å²) >= 11 is 0. The highest BCUT2D eigenvalue weighted by Crippen LogP contribution is 2.26. The molecule has 0 bridgehead atoms. The van der Waals surface area contributed by atoms with Gasteiger partial charge in [0.25, 0.3) is 0 Å². The number of nitrogens with one attached hydrogen (secondary N) is 1. The van der Waals surface area contributed by atoms with Gasteiger partial charge >= 0.3 is 0 Å². The molecular weight excluding hydrogens is 414 g/mol. The smallest absolute Gasteiger partial charge is 0.231 e. The highest BCUT2D eigenvalue weighted by atomic mass is 16.5. The predicted octanol–water partition coefficient (Wildman–Crippen LogP) is 5.29. The van der Waals surface area contributed by atoms with Gasteiger partial charge in [-0.1, -0.05) is 28.4 Å². The van der Waals surface area contributed by atoms with Gasteiger partial charge in [-0.2, -0.15) is 9.78 Å². The van der Waals surface area contributed by atoms with Crippen molar-refractivity contribution in [2.75, 3.05) is 5.32 Å². The molecule has 0 unspecified atom stereocenters. The first-order valence-corrected chi connectivity index (χ1v) is 10.9. The highest BCUT2D eigenvalue weighted by molar-refractivity contribution is 5.94. The SMILES string of the molecule is Cc1ccc2onc(CC(=O)Nc3cc(C)nn3-c3cc(C)c4cc(C)cc(C)c4n3)c2c1. The second kappa shape index (κ2) is 7.85. The van der Waals surface area contributed by atoms with Gasteiger partial charge in [0, 0.05) is 16.8 Å². The van der Waals surface area contributed by atoms with Crippen molar-refractivity contribution in [1.29, 1.82) is 0 Å². The monoisotopic (exact) mass is 439 g/mol. The summed E-state index contributed by atoms with van der Waals surface area (Å²) in [5.41, 5.74) is 7.51. The van der Waals surface area contributed by atoms with Crippen molar-refractivity contribution in [1.82, 2.24) is 19.9 Å². The number of benzene rings is 2. The standard InChI is InChI=1S/C26H25N5O2/c1-14-6-7-22-20(9-14)21(30-33-22)13-25(32)27-24-12-18(5)29-31(24)23-11-16(3)19-10-15(2)8-17(4)26(19)28-23/h6-12H,13H2,1-5H3,(H,27,32). The van der Waals surface area contributed by atoms with E-state index in [2.05, 4.69) is 48.5 Å². The summed E-state index contributed by atoms with van der Waals surface area (Å²) in [5.74, 6) is 1.03. The fourth-order valence-corrected chi connectivity index (χ4v) is 4.27. The molecule has 0 aliphatic heterocycles. The second-order valence-corrected chi connectivity index (χ2v) is 8.71. The van der Waals surface area contributed by atoms with Crippen LogP contribution in [0.5, 0.6) is 0 Å². The summed E-state index contributed by atoms with van der Waals surface area (Å²) in [6, 6.07) is 13.9. The lowest BCUT2D eigenvalue weighted by Gasteiger charge is -2.12. The van der Waals surface area contributed by atoms with Gasteiger partial charge in [0.1, 0.15) is 11.5 Å². The number of rotatable bonds is 4. The van der Waals surface area contributed by atoms with Gasteiger partial charge in [0.05, 0.1) is 17.6 Å². The van der Waals surface area contributed by atoms with E-state index in [1.54, 1.807) is 4.68 Å². The van der Waals surface area contributed by atoms with Crippen LogP contribution in [0.3, 0.4) is 0 Å². The number of amides is 1. The summed E-state index contributed by atoms with van der Waals surface area (Å²) in [4.78, 5) is 17.8. The largest absolute Gasteiger partial charge is 0.356 e. The summed E-state index contributed by atoms with van der Waals surface area (Å²) in [7, 11) is 0. The third-order valence-corrected chi connectivity index (χ3v) is 5.79. The molecule has 1 N–H and O–H groups in total. The molecule has 0 saturated heterocycles.